The molecule has 0 fully saturated rings. The van der Waals surface area contributed by atoms with Gasteiger partial charge in [0.25, 0.3) is 0 Å². The van der Waals surface area contributed by atoms with Gasteiger partial charge in [0.05, 0.1) is 4.88 Å². The van der Waals surface area contributed by atoms with Gasteiger partial charge in [0.2, 0.25) is 5.78 Å². The maximum Gasteiger partial charge on any atom is 0.203 e. The summed E-state index contributed by atoms with van der Waals surface area (Å²) in [4.78, 5) is 13.9. The molecule has 1 nitrogen and oxygen atoms in total. The lowest BCUT2D eigenvalue weighted by Gasteiger charge is -2.00. The average Bonchev–Trinajstić information content (AvgIpc) is 2.57. The van der Waals surface area contributed by atoms with Gasteiger partial charge in [-0.2, -0.15) is 0 Å². The number of hydrogen-bond donors (Lipinski definition) is 0. The van der Waals surface area contributed by atoms with Crippen molar-refractivity contribution in [3.63, 3.8) is 0 Å². The molecule has 0 aliphatic carbocycles. The van der Waals surface area contributed by atoms with Crippen molar-refractivity contribution in [1.29, 1.82) is 0 Å². The smallest absolute Gasteiger partial charge is 0.203 e. The standard InChI is InChI=1S/C12H7BrCl2OS/c1-6-10(13)5-11(17-6)12(16)7-2-8(14)4-9(15)3-7/h2-5H,1H3. The number of ketones is 1. The Balaban J connectivity index is 2.43. The monoisotopic (exact) mass is 348 g/mol. The zero-order valence-corrected chi connectivity index (χ0v) is 12.7. The predicted molar refractivity (Wildman–Crippen MR) is 76.7 cm³/mol. The number of aryl methyl sites for hydroxylation is 1. The first kappa shape index (κ1) is 13.1. The first-order valence-corrected chi connectivity index (χ1v) is 7.10. The number of carbonyl (C=O) groups excluding carboxylic acids is 1. The molecule has 1 heterocycles. The van der Waals surface area contributed by atoms with Crippen LogP contribution in [0, 0.1) is 6.92 Å². The molecule has 0 amide bonds. The van der Waals surface area contributed by atoms with Crippen LogP contribution in [0.25, 0.3) is 0 Å². The normalized spacial score (nSPS) is 10.6. The van der Waals surface area contributed by atoms with E-state index < -0.39 is 0 Å². The fraction of sp³-hybridized carbons (Fsp3) is 0.0833. The zero-order valence-electron chi connectivity index (χ0n) is 8.76. The predicted octanol–water partition coefficient (Wildman–Crippen LogP) is 5.36. The second kappa shape index (κ2) is 5.11. The Kier molecular flexibility index (Phi) is 3.93. The van der Waals surface area contributed by atoms with E-state index in [-0.39, 0.29) is 5.78 Å². The SMILES string of the molecule is Cc1sc(C(=O)c2cc(Cl)cc(Cl)c2)cc1Br. The number of benzene rings is 1. The highest BCUT2D eigenvalue weighted by atomic mass is 79.9. The van der Waals surface area contributed by atoms with Gasteiger partial charge in [-0.15, -0.1) is 11.3 Å². The van der Waals surface area contributed by atoms with Gasteiger partial charge in [0.1, 0.15) is 0 Å². The quantitative estimate of drug-likeness (QED) is 0.667. The lowest BCUT2D eigenvalue weighted by molar-refractivity contribution is 0.104. The molecule has 0 aliphatic heterocycles. The van der Waals surface area contributed by atoms with E-state index in [2.05, 4.69) is 15.9 Å². The van der Waals surface area contributed by atoms with Crippen molar-refractivity contribution in [3.05, 3.63) is 54.1 Å². The Morgan fingerprint density at radius 2 is 1.76 bits per heavy atom. The highest BCUT2D eigenvalue weighted by Crippen LogP contribution is 2.29. The molecule has 2 aromatic rings. The van der Waals surface area contributed by atoms with Crippen LogP contribution in [0.15, 0.2) is 28.7 Å². The van der Waals surface area contributed by atoms with Gasteiger partial charge < -0.3 is 0 Å². The Morgan fingerprint density at radius 3 is 2.24 bits per heavy atom. The van der Waals surface area contributed by atoms with E-state index in [0.717, 1.165) is 9.35 Å². The summed E-state index contributed by atoms with van der Waals surface area (Å²) in [6.45, 7) is 1.95. The van der Waals surface area contributed by atoms with E-state index in [4.69, 9.17) is 23.2 Å². The van der Waals surface area contributed by atoms with Gasteiger partial charge in [-0.3, -0.25) is 4.79 Å². The van der Waals surface area contributed by atoms with Crippen LogP contribution in [0.2, 0.25) is 10.0 Å². The Morgan fingerprint density at radius 1 is 1.18 bits per heavy atom. The van der Waals surface area contributed by atoms with Crippen LogP contribution >= 0.6 is 50.5 Å². The molecule has 0 spiro atoms. The molecule has 0 unspecified atom stereocenters. The highest BCUT2D eigenvalue weighted by molar-refractivity contribution is 9.10. The van der Waals surface area contributed by atoms with Crippen molar-refractivity contribution < 1.29 is 4.79 Å². The van der Waals surface area contributed by atoms with Gasteiger partial charge in [-0.1, -0.05) is 23.2 Å². The summed E-state index contributed by atoms with van der Waals surface area (Å²) in [6, 6.07) is 6.67. The molecule has 2 rings (SSSR count). The maximum absolute atomic E-state index is 12.2. The fourth-order valence-corrected chi connectivity index (χ4v) is 3.42. The van der Waals surface area contributed by atoms with Gasteiger partial charge in [0, 0.05) is 25.0 Å². The molecule has 0 radical (unpaired) electrons. The summed E-state index contributed by atoms with van der Waals surface area (Å²) in [5, 5.41) is 0.932. The highest BCUT2D eigenvalue weighted by Gasteiger charge is 2.14. The summed E-state index contributed by atoms with van der Waals surface area (Å²) in [5.74, 6) is -0.0619. The molecular weight excluding hydrogens is 343 g/mol. The molecule has 1 aromatic heterocycles. The molecule has 0 aliphatic rings. The summed E-state index contributed by atoms with van der Waals surface area (Å²) >= 11 is 16.6. The van der Waals surface area contributed by atoms with Crippen LogP contribution in [0.4, 0.5) is 0 Å². The third kappa shape index (κ3) is 2.91. The zero-order chi connectivity index (χ0) is 12.6. The van der Waals surface area contributed by atoms with E-state index in [1.165, 1.54) is 11.3 Å². The van der Waals surface area contributed by atoms with E-state index in [1.807, 2.05) is 13.0 Å². The van der Waals surface area contributed by atoms with Crippen molar-refractivity contribution in [1.82, 2.24) is 0 Å². The Hall–Kier alpha value is -0.350. The number of rotatable bonds is 2. The third-order valence-corrected chi connectivity index (χ3v) is 4.78. The summed E-state index contributed by atoms with van der Waals surface area (Å²) in [5.41, 5.74) is 0.510. The molecule has 0 N–H and O–H groups in total. The molecule has 88 valence electrons. The minimum Gasteiger partial charge on any atom is -0.288 e. The molecule has 0 saturated carbocycles. The molecule has 0 saturated heterocycles. The molecule has 17 heavy (non-hydrogen) atoms. The molecular formula is C12H7BrCl2OS. The Labute approximate surface area is 121 Å². The van der Waals surface area contributed by atoms with Crippen LogP contribution in [-0.4, -0.2) is 5.78 Å². The van der Waals surface area contributed by atoms with Crippen molar-refractivity contribution in [2.45, 2.75) is 6.92 Å². The van der Waals surface area contributed by atoms with E-state index >= 15 is 0 Å². The van der Waals surface area contributed by atoms with Crippen molar-refractivity contribution in [3.8, 4) is 0 Å². The van der Waals surface area contributed by atoms with Crippen molar-refractivity contribution in [2.75, 3.05) is 0 Å². The van der Waals surface area contributed by atoms with E-state index in [1.54, 1.807) is 18.2 Å². The minimum absolute atomic E-state index is 0.0619. The van der Waals surface area contributed by atoms with Gasteiger partial charge >= 0.3 is 0 Å². The summed E-state index contributed by atoms with van der Waals surface area (Å²) in [7, 11) is 0. The summed E-state index contributed by atoms with van der Waals surface area (Å²) < 4.78 is 0.943. The first-order chi connectivity index (χ1) is 7.97. The van der Waals surface area contributed by atoms with E-state index in [9.17, 15) is 4.79 Å². The van der Waals surface area contributed by atoms with Gasteiger partial charge in [-0.25, -0.2) is 0 Å². The largest absolute Gasteiger partial charge is 0.288 e. The lowest BCUT2D eigenvalue weighted by atomic mass is 10.1. The number of hydrogen-bond acceptors (Lipinski definition) is 2. The molecule has 0 bridgehead atoms. The summed E-state index contributed by atoms with van der Waals surface area (Å²) in [6.07, 6.45) is 0. The van der Waals surface area contributed by atoms with Crippen molar-refractivity contribution >= 4 is 56.3 Å². The van der Waals surface area contributed by atoms with Crippen LogP contribution in [-0.2, 0) is 0 Å². The fourth-order valence-electron chi connectivity index (χ4n) is 1.40. The number of thiophene rings is 1. The van der Waals surface area contributed by atoms with Crippen LogP contribution in [0.1, 0.15) is 20.1 Å². The lowest BCUT2D eigenvalue weighted by Crippen LogP contribution is -1.98. The molecule has 0 atom stereocenters. The minimum atomic E-state index is -0.0619. The van der Waals surface area contributed by atoms with Crippen LogP contribution < -0.4 is 0 Å². The second-order valence-corrected chi connectivity index (χ2v) is 6.49. The van der Waals surface area contributed by atoms with Gasteiger partial charge in [-0.05, 0) is 47.1 Å². The Bertz CT molecular complexity index is 552. The van der Waals surface area contributed by atoms with Crippen LogP contribution in [0.3, 0.4) is 0 Å². The molecule has 1 aromatic carbocycles. The van der Waals surface area contributed by atoms with Crippen molar-refractivity contribution in [2.24, 2.45) is 0 Å². The number of carbonyl (C=O) groups is 1. The van der Waals surface area contributed by atoms with Gasteiger partial charge in [0.15, 0.2) is 0 Å². The second-order valence-electron chi connectivity index (χ2n) is 3.50. The van der Waals surface area contributed by atoms with E-state index in [0.29, 0.717) is 20.5 Å². The number of halogens is 3. The third-order valence-electron chi connectivity index (χ3n) is 2.21. The maximum atomic E-state index is 12.2. The van der Waals surface area contributed by atoms with Crippen LogP contribution in [0.5, 0.6) is 0 Å². The molecule has 5 heteroatoms. The average molecular weight is 350 g/mol. The first-order valence-electron chi connectivity index (χ1n) is 4.74. The topological polar surface area (TPSA) is 17.1 Å².